The lowest BCUT2D eigenvalue weighted by molar-refractivity contribution is 0.0977. The number of benzene rings is 2. The highest BCUT2D eigenvalue weighted by atomic mass is 32.1. The van der Waals surface area contributed by atoms with Crippen molar-refractivity contribution in [2.45, 2.75) is 33.6 Å². The number of hydrogen-bond acceptors (Lipinski definition) is 4. The largest absolute Gasteiger partial charge is 0.494 e. The third kappa shape index (κ3) is 7.19. The average molecular weight is 401 g/mol. The Balaban J connectivity index is 1.91. The Morgan fingerprint density at radius 2 is 1.79 bits per heavy atom. The molecule has 0 spiro atoms. The molecule has 2 aromatic carbocycles. The third-order valence-electron chi connectivity index (χ3n) is 3.82. The topological polar surface area (TPSA) is 59.6 Å². The Morgan fingerprint density at radius 3 is 2.46 bits per heavy atom. The molecule has 0 aromatic heterocycles. The van der Waals surface area contributed by atoms with Crippen molar-refractivity contribution < 1.29 is 14.3 Å². The summed E-state index contributed by atoms with van der Waals surface area (Å²) in [7, 11) is 0. The van der Waals surface area contributed by atoms with Crippen LogP contribution in [0.3, 0.4) is 0 Å². The van der Waals surface area contributed by atoms with Gasteiger partial charge in [-0.05, 0) is 61.0 Å². The van der Waals surface area contributed by atoms with E-state index in [2.05, 4.69) is 31.4 Å². The summed E-state index contributed by atoms with van der Waals surface area (Å²) in [4.78, 5) is 12.4. The number of nitrogens with one attached hydrogen (secondary N) is 2. The van der Waals surface area contributed by atoms with Crippen molar-refractivity contribution in [2.24, 2.45) is 5.92 Å². The first-order valence-corrected chi connectivity index (χ1v) is 9.97. The minimum absolute atomic E-state index is 0.217. The van der Waals surface area contributed by atoms with E-state index in [0.29, 0.717) is 36.1 Å². The van der Waals surface area contributed by atoms with Gasteiger partial charge >= 0.3 is 0 Å². The van der Waals surface area contributed by atoms with Crippen LogP contribution < -0.4 is 20.1 Å². The summed E-state index contributed by atoms with van der Waals surface area (Å²) in [6.07, 6.45) is 2.08. The summed E-state index contributed by atoms with van der Waals surface area (Å²) in [5.74, 6) is 1.58. The highest BCUT2D eigenvalue weighted by molar-refractivity contribution is 7.80. The minimum Gasteiger partial charge on any atom is -0.494 e. The van der Waals surface area contributed by atoms with E-state index in [1.807, 2.05) is 24.3 Å². The molecule has 0 saturated carbocycles. The molecule has 0 heterocycles. The molecule has 0 aliphatic carbocycles. The number of unbranched alkanes of at least 4 members (excludes halogenated alkanes) is 1. The maximum absolute atomic E-state index is 12.4. The van der Waals surface area contributed by atoms with Crippen LogP contribution in [0.4, 0.5) is 5.69 Å². The predicted octanol–water partition coefficient (Wildman–Crippen LogP) is 5.03. The van der Waals surface area contributed by atoms with E-state index in [1.165, 1.54) is 0 Å². The lowest BCUT2D eigenvalue weighted by atomic mass is 10.2. The molecule has 0 aliphatic heterocycles. The molecular formula is C22H28N2O3S. The Kier molecular flexibility index (Phi) is 8.75. The van der Waals surface area contributed by atoms with Crippen LogP contribution in [0.25, 0.3) is 0 Å². The van der Waals surface area contributed by atoms with Crippen LogP contribution in [-0.2, 0) is 0 Å². The third-order valence-corrected chi connectivity index (χ3v) is 4.02. The second kappa shape index (κ2) is 11.3. The molecule has 1 amide bonds. The molecule has 0 bridgehead atoms. The summed E-state index contributed by atoms with van der Waals surface area (Å²) >= 11 is 5.28. The van der Waals surface area contributed by atoms with Gasteiger partial charge < -0.3 is 14.8 Å². The van der Waals surface area contributed by atoms with Gasteiger partial charge in [0.25, 0.3) is 5.91 Å². The maximum atomic E-state index is 12.4. The summed E-state index contributed by atoms with van der Waals surface area (Å²) < 4.78 is 11.4. The van der Waals surface area contributed by atoms with Gasteiger partial charge in [-0.2, -0.15) is 0 Å². The molecule has 0 unspecified atom stereocenters. The number of rotatable bonds is 9. The summed E-state index contributed by atoms with van der Waals surface area (Å²) in [6, 6.07) is 14.5. The molecule has 0 saturated heterocycles. The molecule has 0 fully saturated rings. The first-order chi connectivity index (χ1) is 13.5. The number of thiocarbonyl (C=S) groups is 1. The molecule has 0 radical (unpaired) electrons. The molecule has 6 heteroatoms. The van der Waals surface area contributed by atoms with E-state index in [4.69, 9.17) is 21.7 Å². The molecule has 150 valence electrons. The number of hydrogen-bond donors (Lipinski definition) is 2. The highest BCUT2D eigenvalue weighted by Crippen LogP contribution is 2.24. The van der Waals surface area contributed by atoms with E-state index in [1.54, 1.807) is 24.3 Å². The number of carbonyl (C=O) groups is 1. The molecule has 2 rings (SSSR count). The van der Waals surface area contributed by atoms with Gasteiger partial charge in [0.05, 0.1) is 18.9 Å². The fourth-order valence-corrected chi connectivity index (χ4v) is 2.52. The number of carbonyl (C=O) groups excluding carboxylic acids is 1. The predicted molar refractivity (Wildman–Crippen MR) is 117 cm³/mol. The van der Waals surface area contributed by atoms with Crippen molar-refractivity contribution in [1.82, 2.24) is 5.32 Å². The van der Waals surface area contributed by atoms with Crippen LogP contribution in [0, 0.1) is 5.92 Å². The van der Waals surface area contributed by atoms with Crippen LogP contribution in [-0.4, -0.2) is 24.2 Å². The van der Waals surface area contributed by atoms with E-state index >= 15 is 0 Å². The van der Waals surface area contributed by atoms with Crippen LogP contribution in [0.1, 0.15) is 44.0 Å². The van der Waals surface area contributed by atoms with Gasteiger partial charge in [0.15, 0.2) is 5.11 Å². The quantitative estimate of drug-likeness (QED) is 0.457. The van der Waals surface area contributed by atoms with Gasteiger partial charge in [-0.25, -0.2) is 0 Å². The van der Waals surface area contributed by atoms with Crippen molar-refractivity contribution >= 4 is 28.9 Å². The summed E-state index contributed by atoms with van der Waals surface area (Å²) in [5, 5.41) is 5.94. The number of anilines is 1. The van der Waals surface area contributed by atoms with Gasteiger partial charge in [-0.15, -0.1) is 0 Å². The zero-order chi connectivity index (χ0) is 20.4. The zero-order valence-electron chi connectivity index (χ0n) is 16.7. The van der Waals surface area contributed by atoms with Crippen LogP contribution in [0.5, 0.6) is 11.5 Å². The highest BCUT2D eigenvalue weighted by Gasteiger charge is 2.10. The van der Waals surface area contributed by atoms with Crippen LogP contribution in [0.2, 0.25) is 0 Å². The molecular weight excluding hydrogens is 372 g/mol. The standard InChI is InChI=1S/C22H28N2O3S/c1-4-5-14-26-18-12-10-17(11-13-18)21(25)24-22(28)23-19-8-6-7-9-20(19)27-15-16(2)3/h6-13,16H,4-5,14-15H2,1-3H3,(H2,23,24,25,28). The molecule has 2 aromatic rings. The Hall–Kier alpha value is -2.60. The maximum Gasteiger partial charge on any atom is 0.257 e. The Morgan fingerprint density at radius 1 is 1.07 bits per heavy atom. The molecule has 28 heavy (non-hydrogen) atoms. The van der Waals surface area contributed by atoms with E-state index < -0.39 is 0 Å². The zero-order valence-corrected chi connectivity index (χ0v) is 17.5. The Labute approximate surface area is 172 Å². The van der Waals surface area contributed by atoms with Crippen molar-refractivity contribution in [3.8, 4) is 11.5 Å². The fraction of sp³-hybridized carbons (Fsp3) is 0.364. The SMILES string of the molecule is CCCCOc1ccc(C(=O)NC(=S)Nc2ccccc2OCC(C)C)cc1. The van der Waals surface area contributed by atoms with Gasteiger partial charge in [0, 0.05) is 5.56 Å². The lowest BCUT2D eigenvalue weighted by Gasteiger charge is -2.15. The second-order valence-electron chi connectivity index (χ2n) is 6.84. The minimum atomic E-state index is -0.279. The van der Waals surface area contributed by atoms with E-state index in [9.17, 15) is 4.79 Å². The van der Waals surface area contributed by atoms with Crippen LogP contribution >= 0.6 is 12.2 Å². The normalized spacial score (nSPS) is 10.4. The average Bonchev–Trinajstić information content (AvgIpc) is 2.68. The van der Waals surface area contributed by atoms with Crippen molar-refractivity contribution in [3.63, 3.8) is 0 Å². The fourth-order valence-electron chi connectivity index (χ4n) is 2.32. The molecule has 0 atom stereocenters. The summed E-state index contributed by atoms with van der Waals surface area (Å²) in [5.41, 5.74) is 1.23. The van der Waals surface area contributed by atoms with Gasteiger partial charge in [-0.1, -0.05) is 39.3 Å². The lowest BCUT2D eigenvalue weighted by Crippen LogP contribution is -2.34. The van der Waals surface area contributed by atoms with Gasteiger partial charge in [0.2, 0.25) is 0 Å². The number of para-hydroxylation sites is 2. The van der Waals surface area contributed by atoms with Gasteiger partial charge in [0.1, 0.15) is 11.5 Å². The first kappa shape index (κ1) is 21.7. The molecule has 0 aliphatic rings. The monoisotopic (exact) mass is 400 g/mol. The first-order valence-electron chi connectivity index (χ1n) is 9.56. The smallest absolute Gasteiger partial charge is 0.257 e. The van der Waals surface area contributed by atoms with Gasteiger partial charge in [-0.3, -0.25) is 10.1 Å². The van der Waals surface area contributed by atoms with Crippen molar-refractivity contribution in [2.75, 3.05) is 18.5 Å². The van der Waals surface area contributed by atoms with E-state index in [0.717, 1.165) is 18.6 Å². The van der Waals surface area contributed by atoms with E-state index in [-0.39, 0.29) is 11.0 Å². The number of amides is 1. The summed E-state index contributed by atoms with van der Waals surface area (Å²) in [6.45, 7) is 7.56. The molecule has 5 nitrogen and oxygen atoms in total. The number of ether oxygens (including phenoxy) is 2. The molecule has 2 N–H and O–H groups in total. The Bertz CT molecular complexity index is 776. The van der Waals surface area contributed by atoms with Crippen molar-refractivity contribution in [3.05, 3.63) is 54.1 Å². The van der Waals surface area contributed by atoms with Crippen molar-refractivity contribution in [1.29, 1.82) is 0 Å². The second-order valence-corrected chi connectivity index (χ2v) is 7.24. The van der Waals surface area contributed by atoms with Crippen LogP contribution in [0.15, 0.2) is 48.5 Å².